The third-order valence-corrected chi connectivity index (χ3v) is 4.57. The van der Waals surface area contributed by atoms with Crippen LogP contribution in [0.25, 0.3) is 11.0 Å². The number of aliphatic hydroxyl groups is 1. The number of aliphatic hydroxyl groups excluding tert-OH is 1. The Morgan fingerprint density at radius 3 is 2.35 bits per heavy atom. The quantitative estimate of drug-likeness (QED) is 0.663. The zero-order valence-corrected chi connectivity index (χ0v) is 15.8. The lowest BCUT2D eigenvalue weighted by Gasteiger charge is -2.13. The van der Waals surface area contributed by atoms with Crippen molar-refractivity contribution in [2.45, 2.75) is 32.4 Å². The van der Waals surface area contributed by atoms with Gasteiger partial charge in [0.25, 0.3) is 5.82 Å². The monoisotopic (exact) mass is 355 g/mol. The summed E-state index contributed by atoms with van der Waals surface area (Å²) in [6.45, 7) is 5.07. The lowest BCUT2D eigenvalue weighted by Crippen LogP contribution is -2.35. The molecule has 0 radical (unpaired) electrons. The molecule has 0 saturated heterocycles. The lowest BCUT2D eigenvalue weighted by atomic mass is 10.2. The molecule has 2 aromatic carbocycles. The first-order chi connectivity index (χ1) is 12.5. The Balaban J connectivity index is 1.76. The van der Waals surface area contributed by atoms with E-state index in [1.165, 1.54) is 11.3 Å². The van der Waals surface area contributed by atoms with E-state index in [9.17, 15) is 5.11 Å². The van der Waals surface area contributed by atoms with E-state index in [1.54, 1.807) is 7.11 Å². The van der Waals surface area contributed by atoms with Crippen molar-refractivity contribution in [3.8, 4) is 11.5 Å². The first kappa shape index (κ1) is 18.3. The van der Waals surface area contributed by atoms with Crippen molar-refractivity contribution < 1.29 is 19.1 Å². The van der Waals surface area contributed by atoms with Gasteiger partial charge in [-0.25, -0.2) is 9.13 Å². The van der Waals surface area contributed by atoms with E-state index in [2.05, 4.69) is 42.2 Å². The number of rotatable bonds is 7. The number of hydrogen-bond acceptors (Lipinski definition) is 3. The molecule has 0 bridgehead atoms. The number of aryl methyl sites for hydroxylation is 1. The van der Waals surface area contributed by atoms with Gasteiger partial charge in [0.05, 0.1) is 20.1 Å². The normalized spacial score (nSPS) is 12.5. The minimum atomic E-state index is -0.606. The van der Waals surface area contributed by atoms with E-state index in [0.717, 1.165) is 17.0 Å². The molecule has 0 aliphatic heterocycles. The zero-order chi connectivity index (χ0) is 18.7. The van der Waals surface area contributed by atoms with Gasteiger partial charge in [-0.2, -0.15) is 0 Å². The highest BCUT2D eigenvalue weighted by atomic mass is 16.5. The number of nitrogens with zero attached hydrogens (tertiary/aromatic N) is 2. The second-order valence-electron chi connectivity index (χ2n) is 6.81. The number of ether oxygens (including phenoxy) is 2. The number of aromatic nitrogens is 2. The van der Waals surface area contributed by atoms with Gasteiger partial charge in [0.2, 0.25) is 0 Å². The van der Waals surface area contributed by atoms with Gasteiger partial charge < -0.3 is 14.6 Å². The number of hydrogen-bond donors (Lipinski definition) is 1. The van der Waals surface area contributed by atoms with Crippen LogP contribution in [0, 0.1) is 0 Å². The minimum absolute atomic E-state index is 0.236. The summed E-state index contributed by atoms with van der Waals surface area (Å²) in [4.78, 5) is 0. The van der Waals surface area contributed by atoms with E-state index >= 15 is 0 Å². The van der Waals surface area contributed by atoms with Crippen LogP contribution < -0.4 is 14.0 Å². The van der Waals surface area contributed by atoms with Crippen molar-refractivity contribution in [1.82, 2.24) is 4.57 Å². The van der Waals surface area contributed by atoms with Gasteiger partial charge in [-0.1, -0.05) is 26.0 Å². The fourth-order valence-corrected chi connectivity index (χ4v) is 3.42. The maximum atomic E-state index is 10.6. The molecule has 26 heavy (non-hydrogen) atoms. The largest absolute Gasteiger partial charge is 0.497 e. The second kappa shape index (κ2) is 7.79. The summed E-state index contributed by atoms with van der Waals surface area (Å²) < 4.78 is 15.3. The van der Waals surface area contributed by atoms with Crippen molar-refractivity contribution in [3.05, 3.63) is 54.4 Å². The number of methoxy groups -OCH3 is 1. The van der Waals surface area contributed by atoms with E-state index in [0.29, 0.717) is 12.5 Å². The fraction of sp³-hybridized carbons (Fsp3) is 0.381. The van der Waals surface area contributed by atoms with Gasteiger partial charge in [-0.3, -0.25) is 0 Å². The highest BCUT2D eigenvalue weighted by Gasteiger charge is 2.26. The highest BCUT2D eigenvalue weighted by Crippen LogP contribution is 2.21. The third-order valence-electron chi connectivity index (χ3n) is 4.57. The van der Waals surface area contributed by atoms with Crippen molar-refractivity contribution in [1.29, 1.82) is 0 Å². The van der Waals surface area contributed by atoms with Gasteiger partial charge in [0, 0.05) is 0 Å². The lowest BCUT2D eigenvalue weighted by molar-refractivity contribution is -0.655. The molecule has 5 heteroatoms. The Labute approximate surface area is 154 Å². The average Bonchev–Trinajstić information content (AvgIpc) is 2.93. The van der Waals surface area contributed by atoms with Crippen molar-refractivity contribution in [2.24, 2.45) is 7.05 Å². The summed E-state index contributed by atoms with van der Waals surface area (Å²) in [7, 11) is 3.71. The molecule has 3 aromatic rings. The van der Waals surface area contributed by atoms with E-state index < -0.39 is 6.10 Å². The molecule has 3 rings (SSSR count). The van der Waals surface area contributed by atoms with E-state index in [4.69, 9.17) is 9.47 Å². The van der Waals surface area contributed by atoms with Crippen LogP contribution in [-0.2, 0) is 13.6 Å². The van der Waals surface area contributed by atoms with Gasteiger partial charge >= 0.3 is 0 Å². The van der Waals surface area contributed by atoms with Crippen LogP contribution >= 0.6 is 0 Å². The Bertz CT molecular complexity index is 869. The summed E-state index contributed by atoms with van der Waals surface area (Å²) in [6.07, 6.45) is -0.606. The molecular weight excluding hydrogens is 328 g/mol. The van der Waals surface area contributed by atoms with Crippen LogP contribution in [0.5, 0.6) is 11.5 Å². The summed E-state index contributed by atoms with van der Waals surface area (Å²) in [5.41, 5.74) is 2.29. The molecule has 138 valence electrons. The zero-order valence-electron chi connectivity index (χ0n) is 15.8. The predicted octanol–water partition coefficient (Wildman–Crippen LogP) is 3.04. The molecule has 1 N–H and O–H groups in total. The molecule has 1 unspecified atom stereocenters. The maximum absolute atomic E-state index is 10.6. The van der Waals surface area contributed by atoms with Crippen LogP contribution in [0.4, 0.5) is 0 Å². The second-order valence-corrected chi connectivity index (χ2v) is 6.81. The molecule has 1 heterocycles. The molecule has 0 amide bonds. The standard InChI is InChI=1S/C21H27N2O3/c1-15(2)21-22(3)19-7-5-6-8-20(19)23(21)13-16(24)14-26-18-11-9-17(25-4)10-12-18/h5-12,15-16,24H,13-14H2,1-4H3/q+1. The topological polar surface area (TPSA) is 47.5 Å². The third kappa shape index (κ3) is 3.68. The Morgan fingerprint density at radius 1 is 1.04 bits per heavy atom. The first-order valence-electron chi connectivity index (χ1n) is 8.93. The van der Waals surface area contributed by atoms with Crippen molar-refractivity contribution in [3.63, 3.8) is 0 Å². The molecule has 0 spiro atoms. The Morgan fingerprint density at radius 2 is 1.69 bits per heavy atom. The Kier molecular flexibility index (Phi) is 5.47. The van der Waals surface area contributed by atoms with Crippen LogP contribution in [0.3, 0.4) is 0 Å². The van der Waals surface area contributed by atoms with Gasteiger partial charge in [-0.15, -0.1) is 0 Å². The first-order valence-corrected chi connectivity index (χ1v) is 8.93. The fourth-order valence-electron chi connectivity index (χ4n) is 3.42. The molecule has 1 atom stereocenters. The van der Waals surface area contributed by atoms with Crippen LogP contribution in [0.2, 0.25) is 0 Å². The summed E-state index contributed by atoms with van der Waals surface area (Å²) in [6, 6.07) is 15.7. The van der Waals surface area contributed by atoms with Gasteiger partial charge in [0.1, 0.15) is 30.8 Å². The van der Waals surface area contributed by atoms with Crippen molar-refractivity contribution >= 4 is 11.0 Å². The van der Waals surface area contributed by atoms with Crippen molar-refractivity contribution in [2.75, 3.05) is 13.7 Å². The number of fused-ring (bicyclic) bond motifs is 1. The highest BCUT2D eigenvalue weighted by molar-refractivity contribution is 5.72. The van der Waals surface area contributed by atoms with Crippen LogP contribution in [-0.4, -0.2) is 29.5 Å². The molecule has 0 aliphatic carbocycles. The van der Waals surface area contributed by atoms with Crippen LogP contribution in [0.1, 0.15) is 25.6 Å². The van der Waals surface area contributed by atoms with Gasteiger partial charge in [0.15, 0.2) is 11.0 Å². The number of benzene rings is 2. The number of para-hydroxylation sites is 2. The molecular formula is C21H27N2O3+. The Hall–Kier alpha value is -2.53. The molecule has 0 fully saturated rings. The molecule has 0 aliphatic rings. The SMILES string of the molecule is COc1ccc(OCC(O)Cn2c(C(C)C)[n+](C)c3ccccc32)cc1. The molecule has 5 nitrogen and oxygen atoms in total. The van der Waals surface area contributed by atoms with Gasteiger partial charge in [-0.05, 0) is 36.4 Å². The van der Waals surface area contributed by atoms with E-state index in [1.807, 2.05) is 36.4 Å². The number of imidazole rings is 1. The predicted molar refractivity (Wildman–Crippen MR) is 102 cm³/mol. The summed E-state index contributed by atoms with van der Waals surface area (Å²) >= 11 is 0. The molecule has 1 aromatic heterocycles. The van der Waals surface area contributed by atoms with Crippen LogP contribution in [0.15, 0.2) is 48.5 Å². The summed E-state index contributed by atoms with van der Waals surface area (Å²) in [5.74, 6) is 3.04. The average molecular weight is 355 g/mol. The smallest absolute Gasteiger partial charge is 0.259 e. The van der Waals surface area contributed by atoms with E-state index in [-0.39, 0.29) is 6.61 Å². The molecule has 0 saturated carbocycles. The minimum Gasteiger partial charge on any atom is -0.497 e. The maximum Gasteiger partial charge on any atom is 0.259 e. The summed E-state index contributed by atoms with van der Waals surface area (Å²) in [5, 5.41) is 10.6.